The number of carbonyl (C=O) groups is 9. The first-order valence-corrected chi connectivity index (χ1v) is 27.1. The Labute approximate surface area is 455 Å². The van der Waals surface area contributed by atoms with E-state index in [0.717, 1.165) is 11.1 Å². The van der Waals surface area contributed by atoms with Crippen LogP contribution < -0.4 is 20.8 Å². The third-order valence-electron chi connectivity index (χ3n) is 13.1. The average Bonchev–Trinajstić information content (AvgIpc) is 4.07. The summed E-state index contributed by atoms with van der Waals surface area (Å²) in [5, 5.41) is 8.11. The van der Waals surface area contributed by atoms with E-state index < -0.39 is 89.3 Å². The first-order chi connectivity index (χ1) is 35.7. The van der Waals surface area contributed by atoms with E-state index in [1.807, 2.05) is 102 Å². The molecular formula is C57H85ClN6O12. The zero-order valence-electron chi connectivity index (χ0n) is 46.9. The van der Waals surface area contributed by atoms with Crippen molar-refractivity contribution in [3.05, 3.63) is 71.8 Å². The van der Waals surface area contributed by atoms with Gasteiger partial charge in [0.15, 0.2) is 11.6 Å². The Morgan fingerprint density at radius 3 is 1.26 bits per heavy atom. The topological polar surface area (TPSA) is 236 Å². The largest absolute Gasteiger partial charge is 0.459 e. The second-order valence-electron chi connectivity index (χ2n) is 22.4. The smallest absolute Gasteiger partial charge is 0.408 e. The maximum Gasteiger partial charge on any atom is 0.408 e. The van der Waals surface area contributed by atoms with Crippen molar-refractivity contribution >= 4 is 65.0 Å². The molecule has 2 aliphatic heterocycles. The first-order valence-electron chi connectivity index (χ1n) is 26.7. The Morgan fingerprint density at radius 1 is 0.566 bits per heavy atom. The fourth-order valence-corrected chi connectivity index (χ4v) is 9.25. The van der Waals surface area contributed by atoms with Crippen LogP contribution in [0.3, 0.4) is 0 Å². The fourth-order valence-electron chi connectivity index (χ4n) is 8.89. The summed E-state index contributed by atoms with van der Waals surface area (Å²) in [6.45, 7) is 24.1. The van der Waals surface area contributed by atoms with E-state index in [2.05, 4.69) is 20.8 Å². The van der Waals surface area contributed by atoms with Crippen LogP contribution in [0.2, 0.25) is 0 Å². The zero-order chi connectivity index (χ0) is 57.0. The highest BCUT2D eigenvalue weighted by molar-refractivity contribution is 6.16. The number of rotatable bonds is 24. The molecule has 2 fully saturated rings. The molecule has 0 saturated carbocycles. The van der Waals surface area contributed by atoms with E-state index in [4.69, 9.17) is 26.0 Å². The van der Waals surface area contributed by atoms with Crippen LogP contribution >= 0.6 is 11.8 Å². The molecule has 0 aliphatic carbocycles. The van der Waals surface area contributed by atoms with Gasteiger partial charge in [-0.3, -0.25) is 28.8 Å². The van der Waals surface area contributed by atoms with E-state index >= 15 is 0 Å². The highest BCUT2D eigenvalue weighted by Crippen LogP contribution is 2.25. The van der Waals surface area contributed by atoms with Crippen LogP contribution in [0.4, 0.5) is 4.79 Å². The zero-order valence-corrected chi connectivity index (χ0v) is 47.7. The van der Waals surface area contributed by atoms with Crippen LogP contribution in [0, 0.1) is 35.5 Å². The predicted molar refractivity (Wildman–Crippen MR) is 289 cm³/mol. The van der Waals surface area contributed by atoms with Gasteiger partial charge in [-0.15, -0.1) is 0 Å². The summed E-state index contributed by atoms with van der Waals surface area (Å²) >= 11 is 5.72. The second-order valence-corrected chi connectivity index (χ2v) is 22.6. The SMILES string of the molecule is CC(C)C[C@H](NC(=O)C(C)C(=O)[C@@H](NC(=O)OC(C)(C)C)C(C)C)C(=O)N1CCC[C@H]1C(=O)OCc1ccccc1.CC(C)C[C@H](NC(=O)C(C)C(=O)[C@@H](NCl)C(C)C)C(=O)N1CCC[C@H]1C(=O)OCc1ccccc1. The molecule has 19 heteroatoms. The van der Waals surface area contributed by atoms with Gasteiger partial charge >= 0.3 is 18.0 Å². The molecule has 76 heavy (non-hydrogen) atoms. The molecule has 2 unspecified atom stereocenters. The normalized spacial score (nSPS) is 17.9. The van der Waals surface area contributed by atoms with Crippen LogP contribution in [-0.2, 0) is 65.8 Å². The standard InChI is InChI=1S/C31H47N3O7.C26H38ClN3O5/c1-19(2)17-23(28(37)34-16-12-15-24(34)29(38)40-18-22-13-10-9-11-14-22)32-27(36)21(5)26(35)25(20(3)4)33-30(39)41-31(6,7)8;1-16(2)14-20(28-24(32)18(5)23(31)22(29-27)17(3)4)25(33)30-13-9-12-21(30)26(34)35-15-19-10-7-6-8-11-19/h9-11,13-14,19-21,23-25H,12,15-18H2,1-8H3,(H,32,36)(H,33,39);6-8,10-11,16-18,20-22,29H,9,12-15H2,1-5H3,(H,28,32)/t21?,23-,24-,25-;18?,20-,21-,22-/m00/s1. The molecule has 2 saturated heterocycles. The number of Topliss-reactive ketones (excluding diaryl/α,β-unsaturated/α-hetero) is 2. The number of ether oxygens (including phenoxy) is 3. The van der Waals surface area contributed by atoms with Gasteiger partial charge in [-0.2, -0.15) is 0 Å². The van der Waals surface area contributed by atoms with E-state index in [1.54, 1.807) is 34.6 Å². The molecule has 0 spiro atoms. The molecule has 4 rings (SSSR count). The number of esters is 2. The molecule has 2 aliphatic rings. The van der Waals surface area contributed by atoms with Crippen LogP contribution in [0.1, 0.15) is 140 Å². The van der Waals surface area contributed by atoms with Gasteiger partial charge < -0.3 is 40.0 Å². The van der Waals surface area contributed by atoms with Gasteiger partial charge in [0.25, 0.3) is 0 Å². The predicted octanol–water partition coefficient (Wildman–Crippen LogP) is 7.23. The van der Waals surface area contributed by atoms with Crippen molar-refractivity contribution in [1.29, 1.82) is 0 Å². The number of nitrogens with one attached hydrogen (secondary N) is 4. The lowest BCUT2D eigenvalue weighted by Gasteiger charge is -2.30. The van der Waals surface area contributed by atoms with E-state index in [9.17, 15) is 43.2 Å². The molecule has 2 aromatic rings. The highest BCUT2D eigenvalue weighted by Gasteiger charge is 2.42. The van der Waals surface area contributed by atoms with Crippen molar-refractivity contribution in [3.63, 3.8) is 0 Å². The summed E-state index contributed by atoms with van der Waals surface area (Å²) in [7, 11) is 0. The number of alkyl carbamates (subject to hydrolysis) is 1. The third kappa shape index (κ3) is 20.2. The van der Waals surface area contributed by atoms with E-state index in [-0.39, 0.29) is 54.5 Å². The Hall–Kier alpha value is -5.88. The minimum Gasteiger partial charge on any atom is -0.459 e. The minimum absolute atomic E-state index is 0.0543. The summed E-state index contributed by atoms with van der Waals surface area (Å²) in [5.74, 6) is -5.98. The monoisotopic (exact) mass is 1080 g/mol. The molecule has 422 valence electrons. The molecule has 0 aromatic heterocycles. The van der Waals surface area contributed by atoms with Gasteiger partial charge in [-0.05, 0) is 120 Å². The molecule has 5 amide bonds. The molecule has 0 radical (unpaired) electrons. The van der Waals surface area contributed by atoms with Crippen molar-refractivity contribution in [1.82, 2.24) is 30.6 Å². The lowest BCUT2D eigenvalue weighted by atomic mass is 9.91. The second kappa shape index (κ2) is 30.8. The Bertz CT molecular complexity index is 2250. The summed E-state index contributed by atoms with van der Waals surface area (Å²) in [5.41, 5.74) is 0.969. The van der Waals surface area contributed by atoms with Crippen molar-refractivity contribution in [2.75, 3.05) is 13.1 Å². The number of benzene rings is 2. The number of amides is 5. The summed E-state index contributed by atoms with van der Waals surface area (Å²) in [6.07, 6.45) is 2.26. The van der Waals surface area contributed by atoms with Gasteiger partial charge in [0, 0.05) is 13.1 Å². The maximum atomic E-state index is 13.7. The van der Waals surface area contributed by atoms with Gasteiger partial charge in [0.2, 0.25) is 23.6 Å². The molecular weight excluding hydrogens is 996 g/mol. The Balaban J connectivity index is 0.000000405. The lowest BCUT2D eigenvalue weighted by Crippen LogP contribution is -2.55. The third-order valence-corrected chi connectivity index (χ3v) is 13.3. The highest BCUT2D eigenvalue weighted by atomic mass is 35.5. The van der Waals surface area contributed by atoms with E-state index in [1.165, 1.54) is 23.6 Å². The number of halogens is 1. The number of likely N-dealkylation sites (tertiary alicyclic amines) is 2. The maximum absolute atomic E-state index is 13.7. The molecule has 8 atom stereocenters. The van der Waals surface area contributed by atoms with E-state index in [0.29, 0.717) is 51.6 Å². The number of ketones is 2. The Kier molecular flexibility index (Phi) is 26.1. The summed E-state index contributed by atoms with van der Waals surface area (Å²) < 4.78 is 16.3. The van der Waals surface area contributed by atoms with Crippen LogP contribution in [0.25, 0.3) is 0 Å². The summed E-state index contributed by atoms with van der Waals surface area (Å²) in [4.78, 5) is 123. The van der Waals surface area contributed by atoms with Crippen LogP contribution in [0.5, 0.6) is 0 Å². The molecule has 0 bridgehead atoms. The van der Waals surface area contributed by atoms with Gasteiger partial charge in [-0.1, -0.05) is 116 Å². The van der Waals surface area contributed by atoms with Crippen LogP contribution in [0.15, 0.2) is 60.7 Å². The number of hydrogen-bond acceptors (Lipinski definition) is 13. The molecule has 4 N–H and O–H groups in total. The number of nitrogens with zero attached hydrogens (tertiary/aromatic N) is 2. The van der Waals surface area contributed by atoms with Crippen molar-refractivity contribution in [2.45, 2.75) is 184 Å². The van der Waals surface area contributed by atoms with Gasteiger partial charge in [0.1, 0.15) is 43.0 Å². The van der Waals surface area contributed by atoms with Crippen molar-refractivity contribution in [2.24, 2.45) is 35.5 Å². The van der Waals surface area contributed by atoms with Gasteiger partial charge in [0.05, 0.1) is 23.9 Å². The quantitative estimate of drug-likeness (QED) is 0.0352. The fraction of sp³-hybridized carbons (Fsp3) is 0.632. The average molecular weight is 1080 g/mol. The minimum atomic E-state index is -1.13. The number of hydrogen-bond donors (Lipinski definition) is 4. The van der Waals surface area contributed by atoms with Crippen molar-refractivity contribution in [3.8, 4) is 0 Å². The van der Waals surface area contributed by atoms with Crippen LogP contribution in [-0.4, -0.2) is 118 Å². The molecule has 2 aromatic carbocycles. The van der Waals surface area contributed by atoms with Crippen molar-refractivity contribution < 1.29 is 57.4 Å². The first kappa shape index (κ1) is 64.4. The lowest BCUT2D eigenvalue weighted by molar-refractivity contribution is -0.155. The number of carbonyl (C=O) groups excluding carboxylic acids is 9. The summed E-state index contributed by atoms with van der Waals surface area (Å²) in [6, 6.07) is 13.8. The Morgan fingerprint density at radius 2 is 0.934 bits per heavy atom. The molecule has 18 nitrogen and oxygen atoms in total. The molecule has 2 heterocycles. The van der Waals surface area contributed by atoms with Gasteiger partial charge in [-0.25, -0.2) is 19.2 Å².